The fourth-order valence-corrected chi connectivity index (χ4v) is 3.44. The summed E-state index contributed by atoms with van der Waals surface area (Å²) in [5, 5.41) is 2.98. The Bertz CT molecular complexity index is 839. The fourth-order valence-electron chi connectivity index (χ4n) is 3.44. The summed E-state index contributed by atoms with van der Waals surface area (Å²) < 4.78 is 4.21. The number of nitrogens with two attached hydrogens (primary N) is 2. The Morgan fingerprint density at radius 3 is 2.70 bits per heavy atom. The minimum absolute atomic E-state index is 0.0328. The van der Waals surface area contributed by atoms with Crippen LogP contribution in [0, 0.1) is 5.92 Å². The van der Waals surface area contributed by atoms with Crippen molar-refractivity contribution in [1.29, 1.82) is 0 Å². The van der Waals surface area contributed by atoms with Crippen molar-refractivity contribution in [3.8, 4) is 0 Å². The molecule has 1 rings (SSSR count). The number of imidazole rings is 1. The molecule has 7 nitrogen and oxygen atoms in total. The van der Waals surface area contributed by atoms with Crippen molar-refractivity contribution in [1.82, 2.24) is 9.88 Å². The van der Waals surface area contributed by atoms with Crippen LogP contribution in [0.15, 0.2) is 53.0 Å². The van der Waals surface area contributed by atoms with Crippen LogP contribution in [-0.2, 0) is 24.8 Å². The van der Waals surface area contributed by atoms with Gasteiger partial charge < -0.3 is 16.8 Å². The third-order valence-electron chi connectivity index (χ3n) is 5.42. The summed E-state index contributed by atoms with van der Waals surface area (Å²) in [5.74, 6) is 0.476. The highest BCUT2D eigenvalue weighted by atomic mass is 16.1. The van der Waals surface area contributed by atoms with Gasteiger partial charge in [0.15, 0.2) is 5.96 Å². The number of aliphatic imine (C=N–C) groups is 1. The van der Waals surface area contributed by atoms with Crippen LogP contribution in [0.4, 0.5) is 0 Å². The average Bonchev–Trinajstić information content (AvgIpc) is 3.08. The van der Waals surface area contributed by atoms with Crippen molar-refractivity contribution in [2.45, 2.75) is 72.8 Å². The van der Waals surface area contributed by atoms with Crippen molar-refractivity contribution in [3.63, 3.8) is 0 Å². The number of hydrogen-bond acceptors (Lipinski definition) is 2. The van der Waals surface area contributed by atoms with Crippen LogP contribution in [0.5, 0.6) is 0 Å². The van der Waals surface area contributed by atoms with E-state index >= 15 is 0 Å². The standard InChI is InChI=1S/C26H44N6O/c1-21(2)9-6-10-22(3)11-7-12-23(4)13-14-25(33)29-17-15-24-19-32(20-31(24)5)18-8-16-30-26(27)28/h9,11,13-14,19-20,23H,6-8,10,12,15-18H2,1-5H3,(H4-,27,28,29,30,33)/p+1/b14-13+,22-11-/t23-/m0/s1. The molecule has 184 valence electrons. The number of hydrogen-bond donors (Lipinski definition) is 3. The summed E-state index contributed by atoms with van der Waals surface area (Å²) in [4.78, 5) is 16.2. The van der Waals surface area contributed by atoms with E-state index in [1.165, 1.54) is 16.8 Å². The van der Waals surface area contributed by atoms with Gasteiger partial charge in [0.25, 0.3) is 0 Å². The Kier molecular flexibility index (Phi) is 13.6. The van der Waals surface area contributed by atoms with Gasteiger partial charge >= 0.3 is 0 Å². The van der Waals surface area contributed by atoms with Gasteiger partial charge in [0, 0.05) is 25.9 Å². The summed E-state index contributed by atoms with van der Waals surface area (Å²) in [6, 6.07) is 0. The van der Waals surface area contributed by atoms with Crippen molar-refractivity contribution >= 4 is 11.9 Å². The molecule has 1 amide bonds. The zero-order valence-electron chi connectivity index (χ0n) is 21.3. The lowest BCUT2D eigenvalue weighted by Crippen LogP contribution is -2.31. The Labute approximate surface area is 200 Å². The van der Waals surface area contributed by atoms with Gasteiger partial charge in [-0.15, -0.1) is 0 Å². The number of aryl methyl sites for hydroxylation is 2. The molecule has 5 N–H and O–H groups in total. The number of allylic oxidation sites excluding steroid dienone is 5. The molecule has 0 unspecified atom stereocenters. The molecule has 0 spiro atoms. The number of amides is 1. The average molecular weight is 458 g/mol. The fraction of sp³-hybridized carbons (Fsp3) is 0.577. The molecule has 0 aliphatic carbocycles. The van der Waals surface area contributed by atoms with Crippen molar-refractivity contribution < 1.29 is 9.36 Å². The molecule has 1 aromatic rings. The van der Waals surface area contributed by atoms with Gasteiger partial charge in [-0.25, -0.2) is 9.13 Å². The Morgan fingerprint density at radius 2 is 2.00 bits per heavy atom. The smallest absolute Gasteiger partial charge is 0.243 e. The second-order valence-corrected chi connectivity index (χ2v) is 9.07. The van der Waals surface area contributed by atoms with E-state index in [4.69, 9.17) is 11.5 Å². The van der Waals surface area contributed by atoms with Gasteiger partial charge in [-0.2, -0.15) is 0 Å². The predicted octanol–water partition coefficient (Wildman–Crippen LogP) is 3.30. The monoisotopic (exact) mass is 457 g/mol. The highest BCUT2D eigenvalue weighted by Crippen LogP contribution is 2.12. The Balaban J connectivity index is 2.29. The summed E-state index contributed by atoms with van der Waals surface area (Å²) in [6.07, 6.45) is 18.4. The highest BCUT2D eigenvalue weighted by molar-refractivity contribution is 5.87. The van der Waals surface area contributed by atoms with Crippen molar-refractivity contribution in [3.05, 3.63) is 53.7 Å². The van der Waals surface area contributed by atoms with Gasteiger partial charge in [0.05, 0.1) is 13.6 Å². The van der Waals surface area contributed by atoms with E-state index in [2.05, 4.69) is 65.5 Å². The number of aromatic nitrogens is 2. The van der Waals surface area contributed by atoms with Crippen LogP contribution in [-0.4, -0.2) is 29.5 Å². The Hall–Kier alpha value is -2.83. The zero-order chi connectivity index (χ0) is 24.6. The molecule has 1 aromatic heterocycles. The molecule has 0 aromatic carbocycles. The normalized spacial score (nSPS) is 12.6. The van der Waals surface area contributed by atoms with Gasteiger partial charge in [-0.05, 0) is 58.4 Å². The molecule has 7 heteroatoms. The van der Waals surface area contributed by atoms with Crippen molar-refractivity contribution in [2.24, 2.45) is 29.4 Å². The summed E-state index contributed by atoms with van der Waals surface area (Å²) in [6.45, 7) is 10.7. The second-order valence-electron chi connectivity index (χ2n) is 9.07. The molecule has 1 atom stereocenters. The third-order valence-corrected chi connectivity index (χ3v) is 5.42. The molecule has 33 heavy (non-hydrogen) atoms. The maximum Gasteiger partial charge on any atom is 0.243 e. The first-order valence-electron chi connectivity index (χ1n) is 12.0. The van der Waals surface area contributed by atoms with E-state index in [0.717, 1.165) is 45.1 Å². The van der Waals surface area contributed by atoms with Gasteiger partial charge in [-0.1, -0.05) is 36.3 Å². The second kappa shape index (κ2) is 15.9. The molecule has 0 saturated heterocycles. The lowest BCUT2D eigenvalue weighted by molar-refractivity contribution is -0.696. The molecule has 0 aliphatic heterocycles. The van der Waals surface area contributed by atoms with Crippen LogP contribution in [0.1, 0.15) is 65.5 Å². The lowest BCUT2D eigenvalue weighted by Gasteiger charge is -2.05. The number of rotatable bonds is 15. The molecule has 0 fully saturated rings. The van der Waals surface area contributed by atoms with Crippen LogP contribution in [0.2, 0.25) is 0 Å². The molecular weight excluding hydrogens is 412 g/mol. The highest BCUT2D eigenvalue weighted by Gasteiger charge is 2.10. The van der Waals surface area contributed by atoms with E-state index in [-0.39, 0.29) is 11.9 Å². The topological polar surface area (TPSA) is 102 Å². The zero-order valence-corrected chi connectivity index (χ0v) is 21.3. The van der Waals surface area contributed by atoms with Crippen LogP contribution in [0.25, 0.3) is 0 Å². The Morgan fingerprint density at radius 1 is 1.24 bits per heavy atom. The van der Waals surface area contributed by atoms with Gasteiger partial charge in [0.1, 0.15) is 11.9 Å². The van der Waals surface area contributed by atoms with Gasteiger partial charge in [0.2, 0.25) is 12.2 Å². The molecule has 0 aliphatic rings. The number of carbonyl (C=O) groups is 1. The van der Waals surface area contributed by atoms with E-state index in [0.29, 0.717) is 19.0 Å². The first-order valence-corrected chi connectivity index (χ1v) is 12.0. The molecule has 1 heterocycles. The van der Waals surface area contributed by atoms with E-state index < -0.39 is 0 Å². The number of carbonyl (C=O) groups excluding carboxylic acids is 1. The summed E-state index contributed by atoms with van der Waals surface area (Å²) in [5.41, 5.74) is 14.7. The van der Waals surface area contributed by atoms with Gasteiger partial charge in [-0.3, -0.25) is 9.79 Å². The van der Waals surface area contributed by atoms with E-state index in [9.17, 15) is 4.79 Å². The molecular formula is C26H45N6O+. The predicted molar refractivity (Wildman–Crippen MR) is 138 cm³/mol. The maximum absolute atomic E-state index is 12.2. The van der Waals surface area contributed by atoms with E-state index in [1.807, 2.05) is 19.5 Å². The SMILES string of the molecule is CC(C)=CCC/C(C)=C\CC[C@H](C)/C=C/C(=O)NCCc1c[n+](CCCN=C(N)N)cn1C. The minimum atomic E-state index is -0.0328. The summed E-state index contributed by atoms with van der Waals surface area (Å²) in [7, 11) is 2.02. The molecule has 0 saturated carbocycles. The van der Waals surface area contributed by atoms with Crippen LogP contribution < -0.4 is 21.4 Å². The van der Waals surface area contributed by atoms with Crippen LogP contribution >= 0.6 is 0 Å². The number of nitrogens with one attached hydrogen (secondary N) is 1. The largest absolute Gasteiger partial charge is 0.370 e. The quantitative estimate of drug-likeness (QED) is 0.0940. The number of nitrogens with zero attached hydrogens (tertiary/aromatic N) is 3. The van der Waals surface area contributed by atoms with Crippen LogP contribution in [0.3, 0.4) is 0 Å². The van der Waals surface area contributed by atoms with Crippen molar-refractivity contribution in [2.75, 3.05) is 13.1 Å². The molecule has 0 radical (unpaired) electrons. The lowest BCUT2D eigenvalue weighted by atomic mass is 10.0. The first kappa shape index (κ1) is 28.2. The van der Waals surface area contributed by atoms with E-state index in [1.54, 1.807) is 6.08 Å². The summed E-state index contributed by atoms with van der Waals surface area (Å²) >= 11 is 0. The number of guanidine groups is 1. The maximum atomic E-state index is 12.2. The molecule has 0 bridgehead atoms. The first-order chi connectivity index (χ1) is 15.7. The third kappa shape index (κ3) is 14.0. The minimum Gasteiger partial charge on any atom is -0.370 e.